The van der Waals surface area contributed by atoms with E-state index in [0.29, 0.717) is 19.6 Å². The van der Waals surface area contributed by atoms with Crippen molar-refractivity contribution >= 4 is 5.91 Å². The molecule has 0 radical (unpaired) electrons. The highest BCUT2D eigenvalue weighted by Gasteiger charge is 2.32. The van der Waals surface area contributed by atoms with Crippen LogP contribution in [0.4, 0.5) is 0 Å². The molecule has 0 spiro atoms. The lowest BCUT2D eigenvalue weighted by molar-refractivity contribution is -0.131. The SMILES string of the molecule is C=CCN(CC=C)C(=O)CN1CCC[C@H]1c1nonc1C. The van der Waals surface area contributed by atoms with Gasteiger partial charge in [0.15, 0.2) is 0 Å². The predicted molar refractivity (Wildman–Crippen MR) is 79.6 cm³/mol. The Morgan fingerprint density at radius 2 is 2.14 bits per heavy atom. The highest BCUT2D eigenvalue weighted by Crippen LogP contribution is 2.31. The molecule has 1 atom stereocenters. The molecule has 0 bridgehead atoms. The molecule has 0 unspecified atom stereocenters. The van der Waals surface area contributed by atoms with Gasteiger partial charge in [-0.05, 0) is 26.3 Å². The summed E-state index contributed by atoms with van der Waals surface area (Å²) in [6.07, 6.45) is 5.49. The summed E-state index contributed by atoms with van der Waals surface area (Å²) in [6.45, 7) is 11.6. The largest absolute Gasteiger partial charge is 0.334 e. The van der Waals surface area contributed by atoms with E-state index in [1.165, 1.54) is 0 Å². The standard InChI is InChI=1S/C15H22N4O2/c1-4-8-18(9-5-2)14(20)11-19-10-6-7-13(19)15-12(3)16-21-17-15/h4-5,13H,1-2,6-11H2,3H3/t13-/m0/s1. The number of carbonyl (C=O) groups is 1. The molecule has 1 saturated heterocycles. The third-order valence-corrected chi connectivity index (χ3v) is 3.76. The fourth-order valence-electron chi connectivity index (χ4n) is 2.73. The summed E-state index contributed by atoms with van der Waals surface area (Å²) in [5.74, 6) is 0.0795. The van der Waals surface area contributed by atoms with Gasteiger partial charge in [-0.15, -0.1) is 13.2 Å². The van der Waals surface area contributed by atoms with Crippen LogP contribution in [0.25, 0.3) is 0 Å². The van der Waals surface area contributed by atoms with Crippen molar-refractivity contribution in [3.63, 3.8) is 0 Å². The molecule has 21 heavy (non-hydrogen) atoms. The highest BCUT2D eigenvalue weighted by molar-refractivity contribution is 5.78. The summed E-state index contributed by atoms with van der Waals surface area (Å²) in [7, 11) is 0. The quantitative estimate of drug-likeness (QED) is 0.715. The maximum atomic E-state index is 12.4. The number of hydrogen-bond donors (Lipinski definition) is 0. The molecule has 0 saturated carbocycles. The molecule has 2 heterocycles. The molecular weight excluding hydrogens is 268 g/mol. The molecule has 6 nitrogen and oxygen atoms in total. The third-order valence-electron chi connectivity index (χ3n) is 3.76. The maximum absolute atomic E-state index is 12.4. The van der Waals surface area contributed by atoms with E-state index < -0.39 is 0 Å². The van der Waals surface area contributed by atoms with E-state index in [4.69, 9.17) is 4.63 Å². The Kier molecular flexibility index (Phi) is 5.27. The van der Waals surface area contributed by atoms with E-state index in [-0.39, 0.29) is 11.9 Å². The van der Waals surface area contributed by atoms with E-state index in [1.807, 2.05) is 6.92 Å². The molecule has 1 amide bonds. The van der Waals surface area contributed by atoms with Gasteiger partial charge in [0.1, 0.15) is 11.4 Å². The molecule has 2 rings (SSSR count). The van der Waals surface area contributed by atoms with Crippen LogP contribution in [0, 0.1) is 6.92 Å². The van der Waals surface area contributed by atoms with Gasteiger partial charge >= 0.3 is 0 Å². The maximum Gasteiger partial charge on any atom is 0.237 e. The van der Waals surface area contributed by atoms with Crippen molar-refractivity contribution in [2.45, 2.75) is 25.8 Å². The van der Waals surface area contributed by atoms with Crippen LogP contribution in [-0.2, 0) is 4.79 Å². The fraction of sp³-hybridized carbons (Fsp3) is 0.533. The first-order chi connectivity index (χ1) is 10.2. The second-order valence-corrected chi connectivity index (χ2v) is 5.24. The van der Waals surface area contributed by atoms with Crippen LogP contribution in [0.1, 0.15) is 30.3 Å². The average Bonchev–Trinajstić information content (AvgIpc) is 3.07. The fourth-order valence-corrected chi connectivity index (χ4v) is 2.73. The second-order valence-electron chi connectivity index (χ2n) is 5.24. The predicted octanol–water partition coefficient (Wildman–Crippen LogP) is 1.72. The molecule has 1 aromatic heterocycles. The van der Waals surface area contributed by atoms with E-state index in [9.17, 15) is 4.79 Å². The van der Waals surface area contributed by atoms with Gasteiger partial charge in [0.05, 0.1) is 12.6 Å². The van der Waals surface area contributed by atoms with Crippen LogP contribution in [0.15, 0.2) is 29.9 Å². The molecule has 1 aromatic rings. The van der Waals surface area contributed by atoms with Crippen molar-refractivity contribution in [2.24, 2.45) is 0 Å². The van der Waals surface area contributed by atoms with Crippen molar-refractivity contribution in [3.05, 3.63) is 36.7 Å². The lowest BCUT2D eigenvalue weighted by Gasteiger charge is -2.26. The molecular formula is C15H22N4O2. The normalized spacial score (nSPS) is 18.6. The molecule has 1 aliphatic heterocycles. The molecule has 1 fully saturated rings. The van der Waals surface area contributed by atoms with Crippen molar-refractivity contribution in [2.75, 3.05) is 26.2 Å². The number of carbonyl (C=O) groups excluding carboxylic acids is 1. The van der Waals surface area contributed by atoms with Crippen LogP contribution in [-0.4, -0.2) is 52.2 Å². The molecule has 114 valence electrons. The second kappa shape index (κ2) is 7.17. The van der Waals surface area contributed by atoms with Gasteiger partial charge < -0.3 is 4.90 Å². The van der Waals surface area contributed by atoms with Crippen molar-refractivity contribution in [1.29, 1.82) is 0 Å². The summed E-state index contributed by atoms with van der Waals surface area (Å²) in [5, 5.41) is 7.82. The van der Waals surface area contributed by atoms with Crippen molar-refractivity contribution in [1.82, 2.24) is 20.1 Å². The summed E-state index contributed by atoms with van der Waals surface area (Å²) in [6, 6.07) is 0.120. The average molecular weight is 290 g/mol. The van der Waals surface area contributed by atoms with Gasteiger partial charge in [0.25, 0.3) is 0 Å². The first kappa shape index (κ1) is 15.4. The van der Waals surface area contributed by atoms with Gasteiger partial charge in [-0.3, -0.25) is 9.69 Å². The van der Waals surface area contributed by atoms with E-state index in [2.05, 4.69) is 28.4 Å². The zero-order valence-electron chi connectivity index (χ0n) is 12.5. The first-order valence-corrected chi connectivity index (χ1v) is 7.20. The molecule has 0 aliphatic carbocycles. The van der Waals surface area contributed by atoms with Gasteiger partial charge in [-0.2, -0.15) is 0 Å². The third kappa shape index (κ3) is 3.58. The number of amides is 1. The Hall–Kier alpha value is -1.95. The minimum atomic E-state index is 0.0795. The number of rotatable bonds is 7. The summed E-state index contributed by atoms with van der Waals surface area (Å²) in [4.78, 5) is 16.3. The number of aromatic nitrogens is 2. The van der Waals surface area contributed by atoms with Crippen LogP contribution < -0.4 is 0 Å². The molecule has 1 aliphatic rings. The zero-order valence-corrected chi connectivity index (χ0v) is 12.5. The number of likely N-dealkylation sites (tertiary alicyclic amines) is 1. The van der Waals surface area contributed by atoms with Crippen LogP contribution in [0.2, 0.25) is 0 Å². The van der Waals surface area contributed by atoms with E-state index in [1.54, 1.807) is 17.1 Å². The van der Waals surface area contributed by atoms with Gasteiger partial charge in [-0.1, -0.05) is 22.5 Å². The highest BCUT2D eigenvalue weighted by atomic mass is 16.6. The minimum Gasteiger partial charge on any atom is -0.334 e. The Balaban J connectivity index is 2.03. The summed E-state index contributed by atoms with van der Waals surface area (Å²) in [5.41, 5.74) is 1.65. The summed E-state index contributed by atoms with van der Waals surface area (Å²) < 4.78 is 4.79. The molecule has 6 heteroatoms. The summed E-state index contributed by atoms with van der Waals surface area (Å²) >= 11 is 0. The Morgan fingerprint density at radius 3 is 2.71 bits per heavy atom. The topological polar surface area (TPSA) is 62.5 Å². The lowest BCUT2D eigenvalue weighted by Crippen LogP contribution is -2.40. The van der Waals surface area contributed by atoms with E-state index >= 15 is 0 Å². The van der Waals surface area contributed by atoms with E-state index in [0.717, 1.165) is 30.8 Å². The van der Waals surface area contributed by atoms with Crippen LogP contribution in [0.3, 0.4) is 0 Å². The zero-order chi connectivity index (χ0) is 15.2. The Morgan fingerprint density at radius 1 is 1.43 bits per heavy atom. The Bertz CT molecular complexity index is 502. The lowest BCUT2D eigenvalue weighted by atomic mass is 10.1. The minimum absolute atomic E-state index is 0.0795. The van der Waals surface area contributed by atoms with Crippen molar-refractivity contribution in [3.8, 4) is 0 Å². The number of nitrogens with zero attached hydrogens (tertiary/aromatic N) is 4. The Labute approximate surface area is 125 Å². The first-order valence-electron chi connectivity index (χ1n) is 7.20. The van der Waals surface area contributed by atoms with Gasteiger partial charge in [0.2, 0.25) is 5.91 Å². The molecule has 0 N–H and O–H groups in total. The van der Waals surface area contributed by atoms with Crippen LogP contribution in [0.5, 0.6) is 0 Å². The number of hydrogen-bond acceptors (Lipinski definition) is 5. The smallest absolute Gasteiger partial charge is 0.237 e. The monoisotopic (exact) mass is 290 g/mol. The van der Waals surface area contributed by atoms with Gasteiger partial charge in [-0.25, -0.2) is 4.63 Å². The van der Waals surface area contributed by atoms with Crippen molar-refractivity contribution < 1.29 is 9.42 Å². The van der Waals surface area contributed by atoms with Crippen LogP contribution >= 0.6 is 0 Å². The number of aryl methyl sites for hydroxylation is 1. The molecule has 0 aromatic carbocycles. The van der Waals surface area contributed by atoms with Gasteiger partial charge in [0, 0.05) is 13.1 Å².